The summed E-state index contributed by atoms with van der Waals surface area (Å²) >= 11 is 0. The Balaban J connectivity index is 2.05. The van der Waals surface area contributed by atoms with Crippen LogP contribution in [0.2, 0.25) is 0 Å². The molecule has 13 heavy (non-hydrogen) atoms. The van der Waals surface area contributed by atoms with Gasteiger partial charge in [0, 0.05) is 5.41 Å². The highest BCUT2D eigenvalue weighted by molar-refractivity contribution is 5.60. The van der Waals surface area contributed by atoms with Crippen molar-refractivity contribution < 1.29 is 4.79 Å². The van der Waals surface area contributed by atoms with Crippen molar-refractivity contribution in [1.29, 1.82) is 0 Å². The quantitative estimate of drug-likeness (QED) is 0.596. The Morgan fingerprint density at radius 1 is 0.923 bits per heavy atom. The van der Waals surface area contributed by atoms with Crippen LogP contribution >= 0.6 is 0 Å². The highest BCUT2D eigenvalue weighted by Gasteiger charge is 2.41. The maximum absolute atomic E-state index is 11.2. The number of hydrogen-bond donors (Lipinski definition) is 0. The van der Waals surface area contributed by atoms with Gasteiger partial charge >= 0.3 is 0 Å². The number of rotatable bonds is 2. The third-order valence-electron chi connectivity index (χ3n) is 4.19. The Hall–Kier alpha value is -0.330. The zero-order valence-electron chi connectivity index (χ0n) is 8.43. The Morgan fingerprint density at radius 3 is 2.08 bits per heavy atom. The van der Waals surface area contributed by atoms with E-state index in [0.717, 1.165) is 5.92 Å². The van der Waals surface area contributed by atoms with Gasteiger partial charge in [0.2, 0.25) is 0 Å². The van der Waals surface area contributed by atoms with Crippen molar-refractivity contribution in [3.8, 4) is 0 Å². The van der Waals surface area contributed by atoms with E-state index in [2.05, 4.69) is 0 Å². The Labute approximate surface area is 80.9 Å². The average Bonchev–Trinajstić information content (AvgIpc) is 2.69. The summed E-state index contributed by atoms with van der Waals surface area (Å²) < 4.78 is 0. The van der Waals surface area contributed by atoms with Crippen molar-refractivity contribution in [3.05, 3.63) is 0 Å². The smallest absolute Gasteiger partial charge is 0.126 e. The van der Waals surface area contributed by atoms with E-state index in [1.165, 1.54) is 64.1 Å². The van der Waals surface area contributed by atoms with Gasteiger partial charge in [-0.25, -0.2) is 0 Å². The standard InChI is InChI=1S/C12H20O/c13-10-12(8-4-5-9-12)11-6-2-1-3-7-11/h10-11H,1-9H2. The summed E-state index contributed by atoms with van der Waals surface area (Å²) in [7, 11) is 0. The van der Waals surface area contributed by atoms with Gasteiger partial charge in [0.1, 0.15) is 6.29 Å². The second-order valence-corrected chi connectivity index (χ2v) is 4.89. The third kappa shape index (κ3) is 1.66. The zero-order valence-corrected chi connectivity index (χ0v) is 8.43. The lowest BCUT2D eigenvalue weighted by atomic mass is 9.68. The van der Waals surface area contributed by atoms with Crippen molar-refractivity contribution in [2.45, 2.75) is 57.8 Å². The minimum absolute atomic E-state index is 0.125. The van der Waals surface area contributed by atoms with E-state index in [4.69, 9.17) is 0 Å². The largest absolute Gasteiger partial charge is 0.303 e. The Bertz CT molecular complexity index is 174. The second-order valence-electron chi connectivity index (χ2n) is 4.89. The summed E-state index contributed by atoms with van der Waals surface area (Å²) in [5.74, 6) is 0.737. The lowest BCUT2D eigenvalue weighted by Gasteiger charge is -2.35. The fourth-order valence-electron chi connectivity index (χ4n) is 3.33. The first-order valence-corrected chi connectivity index (χ1v) is 5.84. The molecule has 1 nitrogen and oxygen atoms in total. The molecule has 0 bridgehead atoms. The SMILES string of the molecule is O=CC1(C2CCCCC2)CCCC1. The minimum atomic E-state index is 0.125. The minimum Gasteiger partial charge on any atom is -0.303 e. The van der Waals surface area contributed by atoms with Crippen molar-refractivity contribution >= 4 is 6.29 Å². The van der Waals surface area contributed by atoms with Crippen LogP contribution in [0.3, 0.4) is 0 Å². The molecule has 74 valence electrons. The Morgan fingerprint density at radius 2 is 1.54 bits per heavy atom. The molecule has 2 aliphatic carbocycles. The molecule has 0 N–H and O–H groups in total. The van der Waals surface area contributed by atoms with E-state index in [-0.39, 0.29) is 5.41 Å². The van der Waals surface area contributed by atoms with Crippen molar-refractivity contribution in [2.75, 3.05) is 0 Å². The van der Waals surface area contributed by atoms with Crippen molar-refractivity contribution in [1.82, 2.24) is 0 Å². The van der Waals surface area contributed by atoms with Crippen molar-refractivity contribution in [2.24, 2.45) is 11.3 Å². The second kappa shape index (κ2) is 3.81. The van der Waals surface area contributed by atoms with Gasteiger partial charge < -0.3 is 4.79 Å². The maximum Gasteiger partial charge on any atom is 0.126 e. The topological polar surface area (TPSA) is 17.1 Å². The maximum atomic E-state index is 11.2. The van der Waals surface area contributed by atoms with E-state index >= 15 is 0 Å². The van der Waals surface area contributed by atoms with Crippen LogP contribution in [-0.2, 0) is 4.79 Å². The molecule has 0 radical (unpaired) electrons. The van der Waals surface area contributed by atoms with Gasteiger partial charge in [-0.15, -0.1) is 0 Å². The molecule has 2 fully saturated rings. The molecule has 0 amide bonds. The summed E-state index contributed by atoms with van der Waals surface area (Å²) in [5, 5.41) is 0. The molecule has 1 heteroatoms. The number of aldehydes is 1. The molecule has 2 rings (SSSR count). The normalized spacial score (nSPS) is 28.9. The molecule has 0 unspecified atom stereocenters. The monoisotopic (exact) mass is 180 g/mol. The highest BCUT2D eigenvalue weighted by Crippen LogP contribution is 2.48. The van der Waals surface area contributed by atoms with Crippen LogP contribution in [0.4, 0.5) is 0 Å². The first kappa shape index (κ1) is 9.23. The van der Waals surface area contributed by atoms with E-state index < -0.39 is 0 Å². The van der Waals surface area contributed by atoms with Gasteiger partial charge in [0.25, 0.3) is 0 Å². The molecule has 0 spiro atoms. The Kier molecular flexibility index (Phi) is 2.71. The summed E-state index contributed by atoms with van der Waals surface area (Å²) in [6, 6.07) is 0. The van der Waals surface area contributed by atoms with E-state index in [1.54, 1.807) is 0 Å². The molecule has 0 aromatic heterocycles. The van der Waals surface area contributed by atoms with Crippen LogP contribution in [0, 0.1) is 11.3 Å². The molecule has 0 heterocycles. The molecule has 0 aliphatic heterocycles. The predicted molar refractivity (Wildman–Crippen MR) is 53.5 cm³/mol. The molecular formula is C12H20O. The number of hydrogen-bond acceptors (Lipinski definition) is 1. The van der Waals surface area contributed by atoms with Gasteiger partial charge in [-0.1, -0.05) is 32.1 Å². The average molecular weight is 180 g/mol. The molecule has 0 atom stereocenters. The zero-order chi connectivity index (χ0) is 9.15. The summed E-state index contributed by atoms with van der Waals surface area (Å²) in [5.41, 5.74) is 0.125. The van der Waals surface area contributed by atoms with Gasteiger partial charge in [0.05, 0.1) is 0 Å². The molecule has 0 aromatic carbocycles. The van der Waals surface area contributed by atoms with Gasteiger partial charge in [-0.3, -0.25) is 0 Å². The molecule has 0 aromatic rings. The van der Waals surface area contributed by atoms with E-state index in [9.17, 15) is 4.79 Å². The van der Waals surface area contributed by atoms with Gasteiger partial charge in [-0.2, -0.15) is 0 Å². The summed E-state index contributed by atoms with van der Waals surface area (Å²) in [6.45, 7) is 0. The first-order valence-electron chi connectivity index (χ1n) is 5.84. The van der Waals surface area contributed by atoms with Crippen LogP contribution in [0.15, 0.2) is 0 Å². The van der Waals surface area contributed by atoms with Crippen LogP contribution in [-0.4, -0.2) is 6.29 Å². The molecular weight excluding hydrogens is 160 g/mol. The predicted octanol–water partition coefficient (Wildman–Crippen LogP) is 3.33. The molecule has 2 aliphatic rings. The number of carbonyl (C=O) groups excluding carboxylic acids is 1. The van der Waals surface area contributed by atoms with Crippen LogP contribution < -0.4 is 0 Å². The van der Waals surface area contributed by atoms with E-state index in [0.29, 0.717) is 0 Å². The molecule has 0 saturated heterocycles. The fourth-order valence-corrected chi connectivity index (χ4v) is 3.33. The fraction of sp³-hybridized carbons (Fsp3) is 0.917. The lowest BCUT2D eigenvalue weighted by molar-refractivity contribution is -0.119. The van der Waals surface area contributed by atoms with E-state index in [1.807, 2.05) is 0 Å². The van der Waals surface area contributed by atoms with Gasteiger partial charge in [0.15, 0.2) is 0 Å². The molecule has 2 saturated carbocycles. The summed E-state index contributed by atoms with van der Waals surface area (Å²) in [4.78, 5) is 11.2. The van der Waals surface area contributed by atoms with Crippen LogP contribution in [0.1, 0.15) is 57.8 Å². The lowest BCUT2D eigenvalue weighted by Crippen LogP contribution is -2.30. The highest BCUT2D eigenvalue weighted by atomic mass is 16.1. The first-order chi connectivity index (χ1) is 6.37. The number of carbonyl (C=O) groups is 1. The van der Waals surface area contributed by atoms with Crippen molar-refractivity contribution in [3.63, 3.8) is 0 Å². The third-order valence-corrected chi connectivity index (χ3v) is 4.19. The summed E-state index contributed by atoms with van der Waals surface area (Å²) in [6.07, 6.45) is 13.0. The van der Waals surface area contributed by atoms with Crippen LogP contribution in [0.5, 0.6) is 0 Å². The van der Waals surface area contributed by atoms with Gasteiger partial charge in [-0.05, 0) is 31.6 Å². The van der Waals surface area contributed by atoms with Crippen LogP contribution in [0.25, 0.3) is 0 Å².